The van der Waals surface area contributed by atoms with Gasteiger partial charge in [0, 0.05) is 0 Å². The molecule has 0 aliphatic carbocycles. The highest BCUT2D eigenvalue weighted by atomic mass is 16.5. The van der Waals surface area contributed by atoms with Crippen molar-refractivity contribution in [3.63, 3.8) is 0 Å². The molecule has 0 aromatic rings. The summed E-state index contributed by atoms with van der Waals surface area (Å²) in [5.74, 6) is 1.80. The number of hydrogen-bond donors (Lipinski definition) is 1. The first kappa shape index (κ1) is 9.89. The second kappa shape index (κ2) is 4.16. The Morgan fingerprint density at radius 3 is 2.54 bits per heavy atom. The SMILES string of the molecule is COC1=CN=C(OC)C(C(C)C)N1. The molecule has 13 heavy (non-hydrogen) atoms. The first-order valence-electron chi connectivity index (χ1n) is 4.31. The molecule has 1 heterocycles. The first-order valence-corrected chi connectivity index (χ1v) is 4.31. The van der Waals surface area contributed by atoms with Gasteiger partial charge in [-0.25, -0.2) is 4.99 Å². The zero-order valence-electron chi connectivity index (χ0n) is 8.50. The maximum Gasteiger partial charge on any atom is 0.211 e. The Morgan fingerprint density at radius 2 is 2.08 bits per heavy atom. The lowest BCUT2D eigenvalue weighted by atomic mass is 10.0. The van der Waals surface area contributed by atoms with Crippen LogP contribution in [0.2, 0.25) is 0 Å². The first-order chi connectivity index (χ1) is 6.19. The van der Waals surface area contributed by atoms with Crippen LogP contribution in [0.3, 0.4) is 0 Å². The number of methoxy groups -OCH3 is 2. The molecule has 0 aromatic carbocycles. The summed E-state index contributed by atoms with van der Waals surface area (Å²) in [5, 5.41) is 3.19. The van der Waals surface area contributed by atoms with Crippen LogP contribution in [-0.4, -0.2) is 26.2 Å². The molecule has 0 amide bonds. The van der Waals surface area contributed by atoms with E-state index in [0.29, 0.717) is 17.7 Å². The lowest BCUT2D eigenvalue weighted by molar-refractivity contribution is 0.234. The minimum atomic E-state index is 0.102. The Labute approximate surface area is 78.6 Å². The summed E-state index contributed by atoms with van der Waals surface area (Å²) in [6, 6.07) is 0.102. The van der Waals surface area contributed by atoms with Gasteiger partial charge in [0.15, 0.2) is 0 Å². The number of ether oxygens (including phenoxy) is 2. The molecule has 1 unspecified atom stereocenters. The summed E-state index contributed by atoms with van der Waals surface area (Å²) in [7, 11) is 3.24. The van der Waals surface area contributed by atoms with Gasteiger partial charge in [-0.15, -0.1) is 0 Å². The van der Waals surface area contributed by atoms with E-state index >= 15 is 0 Å². The maximum atomic E-state index is 5.15. The summed E-state index contributed by atoms with van der Waals surface area (Å²) in [4.78, 5) is 4.15. The van der Waals surface area contributed by atoms with E-state index in [4.69, 9.17) is 9.47 Å². The molecule has 0 bridgehead atoms. The average Bonchev–Trinajstić information content (AvgIpc) is 2.16. The molecule has 0 fully saturated rings. The van der Waals surface area contributed by atoms with Gasteiger partial charge in [0.1, 0.15) is 6.04 Å². The molecular formula is C9H16N2O2. The number of aliphatic imine (C=N–C) groups is 1. The van der Waals surface area contributed by atoms with Gasteiger partial charge in [0.05, 0.1) is 20.4 Å². The van der Waals surface area contributed by atoms with Crippen molar-refractivity contribution in [3.05, 3.63) is 12.1 Å². The standard InChI is InChI=1S/C9H16N2O2/c1-6(2)8-9(13-4)10-5-7(11-8)12-3/h5-6,8,11H,1-4H3. The van der Waals surface area contributed by atoms with Gasteiger partial charge in [-0.3, -0.25) is 0 Å². The molecule has 0 saturated heterocycles. The van der Waals surface area contributed by atoms with Crippen molar-refractivity contribution in [1.29, 1.82) is 0 Å². The van der Waals surface area contributed by atoms with E-state index in [1.165, 1.54) is 0 Å². The largest absolute Gasteiger partial charge is 0.483 e. The maximum absolute atomic E-state index is 5.15. The molecule has 1 rings (SSSR count). The van der Waals surface area contributed by atoms with E-state index in [0.717, 1.165) is 0 Å². The Morgan fingerprint density at radius 1 is 1.38 bits per heavy atom. The molecule has 4 heteroatoms. The third-order valence-electron chi connectivity index (χ3n) is 1.97. The molecular weight excluding hydrogens is 168 g/mol. The smallest absolute Gasteiger partial charge is 0.211 e. The highest BCUT2D eigenvalue weighted by Crippen LogP contribution is 2.12. The average molecular weight is 184 g/mol. The third-order valence-corrected chi connectivity index (χ3v) is 1.97. The molecule has 1 aliphatic rings. The summed E-state index contributed by atoms with van der Waals surface area (Å²) >= 11 is 0. The van der Waals surface area contributed by atoms with Crippen molar-refractivity contribution < 1.29 is 9.47 Å². The zero-order valence-corrected chi connectivity index (χ0v) is 8.50. The predicted molar refractivity (Wildman–Crippen MR) is 51.3 cm³/mol. The Balaban J connectivity index is 2.77. The van der Waals surface area contributed by atoms with Crippen LogP contribution in [0.4, 0.5) is 0 Å². The number of nitrogens with one attached hydrogen (secondary N) is 1. The van der Waals surface area contributed by atoms with E-state index in [9.17, 15) is 0 Å². The molecule has 4 nitrogen and oxygen atoms in total. The third kappa shape index (κ3) is 2.14. The quantitative estimate of drug-likeness (QED) is 0.699. The van der Waals surface area contributed by atoms with Crippen LogP contribution in [0.25, 0.3) is 0 Å². The summed E-state index contributed by atoms with van der Waals surface area (Å²) in [6.45, 7) is 4.20. The van der Waals surface area contributed by atoms with E-state index in [1.54, 1.807) is 20.4 Å². The van der Waals surface area contributed by atoms with Gasteiger partial charge < -0.3 is 14.8 Å². The van der Waals surface area contributed by atoms with E-state index in [1.807, 2.05) is 0 Å². The van der Waals surface area contributed by atoms with Crippen molar-refractivity contribution >= 4 is 5.90 Å². The van der Waals surface area contributed by atoms with Crippen LogP contribution < -0.4 is 5.32 Å². The lowest BCUT2D eigenvalue weighted by Gasteiger charge is -2.26. The van der Waals surface area contributed by atoms with Crippen LogP contribution in [0, 0.1) is 5.92 Å². The lowest BCUT2D eigenvalue weighted by Crippen LogP contribution is -2.43. The summed E-state index contributed by atoms with van der Waals surface area (Å²) in [6.07, 6.45) is 1.62. The number of rotatable bonds is 2. The highest BCUT2D eigenvalue weighted by Gasteiger charge is 2.24. The van der Waals surface area contributed by atoms with Crippen LogP contribution in [0.15, 0.2) is 17.1 Å². The van der Waals surface area contributed by atoms with Crippen molar-refractivity contribution in [2.75, 3.05) is 14.2 Å². The van der Waals surface area contributed by atoms with Gasteiger partial charge in [0.2, 0.25) is 11.8 Å². The van der Waals surface area contributed by atoms with Crippen molar-refractivity contribution in [3.8, 4) is 0 Å². The van der Waals surface area contributed by atoms with Crippen LogP contribution in [0.1, 0.15) is 13.8 Å². The fourth-order valence-electron chi connectivity index (χ4n) is 1.20. The Bertz CT molecular complexity index is 234. The normalized spacial score (nSPS) is 21.8. The van der Waals surface area contributed by atoms with Crippen molar-refractivity contribution in [2.45, 2.75) is 19.9 Å². The zero-order chi connectivity index (χ0) is 9.84. The fraction of sp³-hybridized carbons (Fsp3) is 0.667. The van der Waals surface area contributed by atoms with Crippen LogP contribution >= 0.6 is 0 Å². The van der Waals surface area contributed by atoms with E-state index in [2.05, 4.69) is 24.2 Å². The predicted octanol–water partition coefficient (Wildman–Crippen LogP) is 1.10. The minimum Gasteiger partial charge on any atom is -0.483 e. The molecule has 74 valence electrons. The van der Waals surface area contributed by atoms with E-state index in [-0.39, 0.29) is 6.04 Å². The molecule has 0 saturated carbocycles. The second-order valence-corrected chi connectivity index (χ2v) is 3.23. The molecule has 1 atom stereocenters. The molecule has 1 aliphatic heterocycles. The molecule has 0 spiro atoms. The topological polar surface area (TPSA) is 42.9 Å². The molecule has 0 radical (unpaired) electrons. The van der Waals surface area contributed by atoms with Gasteiger partial charge in [-0.05, 0) is 5.92 Å². The van der Waals surface area contributed by atoms with Crippen LogP contribution in [-0.2, 0) is 9.47 Å². The highest BCUT2D eigenvalue weighted by molar-refractivity contribution is 5.83. The molecule has 1 N–H and O–H groups in total. The van der Waals surface area contributed by atoms with Crippen molar-refractivity contribution in [1.82, 2.24) is 5.32 Å². The summed E-state index contributed by atoms with van der Waals surface area (Å²) < 4.78 is 10.2. The Hall–Kier alpha value is -1.19. The van der Waals surface area contributed by atoms with Gasteiger partial charge in [-0.1, -0.05) is 13.8 Å². The van der Waals surface area contributed by atoms with Gasteiger partial charge >= 0.3 is 0 Å². The Kier molecular flexibility index (Phi) is 3.17. The fourth-order valence-corrected chi connectivity index (χ4v) is 1.20. The summed E-state index contributed by atoms with van der Waals surface area (Å²) in [5.41, 5.74) is 0. The monoisotopic (exact) mass is 184 g/mol. The van der Waals surface area contributed by atoms with Gasteiger partial charge in [0.25, 0.3) is 0 Å². The van der Waals surface area contributed by atoms with Crippen LogP contribution in [0.5, 0.6) is 0 Å². The number of nitrogens with zero attached hydrogens (tertiary/aromatic N) is 1. The second-order valence-electron chi connectivity index (χ2n) is 3.23. The van der Waals surface area contributed by atoms with Gasteiger partial charge in [-0.2, -0.15) is 0 Å². The van der Waals surface area contributed by atoms with Crippen molar-refractivity contribution in [2.24, 2.45) is 10.9 Å². The minimum absolute atomic E-state index is 0.102. The molecule has 0 aromatic heterocycles. The number of hydrogen-bond acceptors (Lipinski definition) is 4. The van der Waals surface area contributed by atoms with E-state index < -0.39 is 0 Å².